The quantitative estimate of drug-likeness (QED) is 0.670. The van der Waals surface area contributed by atoms with Gasteiger partial charge in [0.2, 0.25) is 0 Å². The summed E-state index contributed by atoms with van der Waals surface area (Å²) in [6.07, 6.45) is 0. The Bertz CT molecular complexity index is 473. The lowest BCUT2D eigenvalue weighted by Gasteiger charge is -2.08. The van der Waals surface area contributed by atoms with Gasteiger partial charge in [0, 0.05) is 5.92 Å². The first kappa shape index (κ1) is 9.52. The number of hydrogen-bond acceptors (Lipinski definition) is 2. The Morgan fingerprint density at radius 3 is 1.94 bits per heavy atom. The molecule has 1 aliphatic rings. The van der Waals surface area contributed by atoms with E-state index in [0.717, 1.165) is 24.7 Å². The summed E-state index contributed by atoms with van der Waals surface area (Å²) in [4.78, 5) is 0. The number of ether oxygens (including phenoxy) is 2. The van der Waals surface area contributed by atoms with E-state index in [1.165, 1.54) is 10.8 Å². The molecule has 0 fully saturated rings. The molecule has 0 saturated heterocycles. The fraction of sp³-hybridized carbons (Fsp3) is 0.286. The maximum Gasteiger partial charge on any atom is 0.161 e. The predicted molar refractivity (Wildman–Crippen MR) is 64.1 cm³/mol. The normalized spacial score (nSPS) is 16.1. The number of rotatable bonds is 0. The first-order valence-electron chi connectivity index (χ1n) is 5.61. The highest BCUT2D eigenvalue weighted by molar-refractivity contribution is 5.86. The second kappa shape index (κ2) is 3.71. The summed E-state index contributed by atoms with van der Waals surface area (Å²) < 4.78 is 11.5. The summed E-state index contributed by atoms with van der Waals surface area (Å²) in [5.41, 5.74) is 0. The molecule has 1 aliphatic heterocycles. The molecule has 0 spiro atoms. The van der Waals surface area contributed by atoms with Crippen LogP contribution in [0, 0.1) is 5.92 Å². The highest BCUT2D eigenvalue weighted by Crippen LogP contribution is 2.34. The summed E-state index contributed by atoms with van der Waals surface area (Å²) in [6.45, 7) is 3.59. The average molecular weight is 214 g/mol. The molecule has 0 N–H and O–H groups in total. The van der Waals surface area contributed by atoms with Crippen molar-refractivity contribution >= 4 is 10.8 Å². The van der Waals surface area contributed by atoms with Crippen LogP contribution in [-0.4, -0.2) is 13.2 Å². The molecule has 2 aromatic rings. The molecule has 0 saturated carbocycles. The third-order valence-corrected chi connectivity index (χ3v) is 2.86. The zero-order valence-electron chi connectivity index (χ0n) is 9.27. The lowest BCUT2D eigenvalue weighted by atomic mass is 10.1. The van der Waals surface area contributed by atoms with Gasteiger partial charge in [-0.05, 0) is 22.9 Å². The van der Waals surface area contributed by atoms with Crippen molar-refractivity contribution in [3.05, 3.63) is 36.4 Å². The van der Waals surface area contributed by atoms with Crippen molar-refractivity contribution in [2.75, 3.05) is 13.2 Å². The van der Waals surface area contributed by atoms with Gasteiger partial charge in [-0.1, -0.05) is 31.2 Å². The van der Waals surface area contributed by atoms with Crippen LogP contribution in [0.15, 0.2) is 36.4 Å². The molecule has 2 aromatic carbocycles. The maximum atomic E-state index is 5.74. The fourth-order valence-electron chi connectivity index (χ4n) is 1.94. The molecule has 0 amide bonds. The van der Waals surface area contributed by atoms with Crippen molar-refractivity contribution in [3.8, 4) is 11.5 Å². The minimum Gasteiger partial charge on any atom is -0.489 e. The molecule has 0 aliphatic carbocycles. The zero-order chi connectivity index (χ0) is 11.0. The van der Waals surface area contributed by atoms with E-state index in [-0.39, 0.29) is 0 Å². The largest absolute Gasteiger partial charge is 0.489 e. The van der Waals surface area contributed by atoms with Crippen molar-refractivity contribution in [2.24, 2.45) is 5.92 Å². The molecule has 1 heterocycles. The first-order chi connectivity index (χ1) is 7.83. The van der Waals surface area contributed by atoms with Gasteiger partial charge in [0.15, 0.2) is 11.5 Å². The molecule has 0 unspecified atom stereocenters. The van der Waals surface area contributed by atoms with Gasteiger partial charge < -0.3 is 9.47 Å². The van der Waals surface area contributed by atoms with Gasteiger partial charge in [-0.2, -0.15) is 0 Å². The third-order valence-electron chi connectivity index (χ3n) is 2.86. The SMILES string of the molecule is CC1COc2cc3ccccc3cc2OC1. The Hall–Kier alpha value is -1.70. The Kier molecular flexibility index (Phi) is 2.21. The lowest BCUT2D eigenvalue weighted by molar-refractivity contribution is 0.228. The van der Waals surface area contributed by atoms with Gasteiger partial charge in [0.05, 0.1) is 13.2 Å². The van der Waals surface area contributed by atoms with E-state index in [1.807, 2.05) is 12.1 Å². The Morgan fingerprint density at radius 1 is 0.938 bits per heavy atom. The topological polar surface area (TPSA) is 18.5 Å². The summed E-state index contributed by atoms with van der Waals surface area (Å²) in [5.74, 6) is 2.17. The monoisotopic (exact) mass is 214 g/mol. The smallest absolute Gasteiger partial charge is 0.161 e. The number of benzene rings is 2. The van der Waals surface area contributed by atoms with Crippen molar-refractivity contribution in [1.29, 1.82) is 0 Å². The minimum absolute atomic E-state index is 0.440. The van der Waals surface area contributed by atoms with E-state index in [4.69, 9.17) is 9.47 Å². The molecule has 2 heteroatoms. The molecular weight excluding hydrogens is 200 g/mol. The molecule has 0 bridgehead atoms. The highest BCUT2D eigenvalue weighted by atomic mass is 16.5. The molecular formula is C14H14O2. The molecule has 0 radical (unpaired) electrons. The molecule has 0 atom stereocenters. The van der Waals surface area contributed by atoms with Crippen molar-refractivity contribution < 1.29 is 9.47 Å². The second-order valence-electron chi connectivity index (χ2n) is 4.37. The van der Waals surface area contributed by atoms with Crippen LogP contribution in [0.5, 0.6) is 11.5 Å². The van der Waals surface area contributed by atoms with Gasteiger partial charge in [-0.25, -0.2) is 0 Å². The summed E-state index contributed by atoms with van der Waals surface area (Å²) in [7, 11) is 0. The van der Waals surface area contributed by atoms with Crippen molar-refractivity contribution in [2.45, 2.75) is 6.92 Å². The van der Waals surface area contributed by atoms with Crippen LogP contribution in [0.4, 0.5) is 0 Å². The van der Waals surface area contributed by atoms with E-state index in [1.54, 1.807) is 0 Å². The van der Waals surface area contributed by atoms with Gasteiger partial charge in [0.25, 0.3) is 0 Å². The first-order valence-corrected chi connectivity index (χ1v) is 5.61. The standard InChI is InChI=1S/C14H14O2/c1-10-8-15-13-6-11-4-2-3-5-12(11)7-14(13)16-9-10/h2-7,10H,8-9H2,1H3. The predicted octanol–water partition coefficient (Wildman–Crippen LogP) is 3.25. The summed E-state index contributed by atoms with van der Waals surface area (Å²) in [6, 6.07) is 12.4. The van der Waals surface area contributed by atoms with Crippen LogP contribution in [0.3, 0.4) is 0 Å². The van der Waals surface area contributed by atoms with Crippen LogP contribution >= 0.6 is 0 Å². The summed E-state index contributed by atoms with van der Waals surface area (Å²) >= 11 is 0. The van der Waals surface area contributed by atoms with Crippen LogP contribution < -0.4 is 9.47 Å². The van der Waals surface area contributed by atoms with Crippen LogP contribution in [-0.2, 0) is 0 Å². The van der Waals surface area contributed by atoms with Crippen LogP contribution in [0.25, 0.3) is 10.8 Å². The third kappa shape index (κ3) is 1.60. The lowest BCUT2D eigenvalue weighted by Crippen LogP contribution is -2.12. The summed E-state index contributed by atoms with van der Waals surface area (Å²) in [5, 5.41) is 2.39. The van der Waals surface area contributed by atoms with Crippen LogP contribution in [0.2, 0.25) is 0 Å². The van der Waals surface area contributed by atoms with Gasteiger partial charge >= 0.3 is 0 Å². The van der Waals surface area contributed by atoms with E-state index < -0.39 is 0 Å². The van der Waals surface area contributed by atoms with E-state index in [2.05, 4.69) is 31.2 Å². The van der Waals surface area contributed by atoms with E-state index in [0.29, 0.717) is 5.92 Å². The molecule has 82 valence electrons. The Labute approximate surface area is 94.8 Å². The molecule has 3 rings (SSSR count). The molecule has 0 aromatic heterocycles. The van der Waals surface area contributed by atoms with Crippen molar-refractivity contribution in [3.63, 3.8) is 0 Å². The zero-order valence-corrected chi connectivity index (χ0v) is 9.27. The number of fused-ring (bicyclic) bond motifs is 2. The molecule has 16 heavy (non-hydrogen) atoms. The van der Waals surface area contributed by atoms with Crippen molar-refractivity contribution in [1.82, 2.24) is 0 Å². The van der Waals surface area contributed by atoms with E-state index >= 15 is 0 Å². The van der Waals surface area contributed by atoms with E-state index in [9.17, 15) is 0 Å². The highest BCUT2D eigenvalue weighted by Gasteiger charge is 2.15. The number of hydrogen-bond donors (Lipinski definition) is 0. The average Bonchev–Trinajstić information content (AvgIpc) is 2.49. The van der Waals surface area contributed by atoms with Gasteiger partial charge in [-0.3, -0.25) is 0 Å². The second-order valence-corrected chi connectivity index (χ2v) is 4.37. The Balaban J connectivity index is 2.13. The van der Waals surface area contributed by atoms with Crippen LogP contribution in [0.1, 0.15) is 6.92 Å². The molecule has 2 nitrogen and oxygen atoms in total. The Morgan fingerprint density at radius 2 is 1.44 bits per heavy atom. The van der Waals surface area contributed by atoms with Gasteiger partial charge in [-0.15, -0.1) is 0 Å². The minimum atomic E-state index is 0.440. The van der Waals surface area contributed by atoms with Gasteiger partial charge in [0.1, 0.15) is 0 Å². The maximum absolute atomic E-state index is 5.74. The fourth-order valence-corrected chi connectivity index (χ4v) is 1.94.